The van der Waals surface area contributed by atoms with Crippen LogP contribution in [-0.2, 0) is 0 Å². The smallest absolute Gasteiger partial charge is 0.339 e. The Hall–Kier alpha value is -1.29. The van der Waals surface area contributed by atoms with E-state index < -0.39 is 5.97 Å². The van der Waals surface area contributed by atoms with E-state index in [-0.39, 0.29) is 10.7 Å². The lowest BCUT2D eigenvalue weighted by Gasteiger charge is -2.07. The Balaban J connectivity index is 2.97. The first-order valence-corrected chi connectivity index (χ1v) is 4.65. The number of pyridine rings is 1. The molecule has 0 aliphatic carbocycles. The molecule has 0 saturated heterocycles. The molecular weight excluding hydrogens is 204 g/mol. The van der Waals surface area contributed by atoms with Crippen molar-refractivity contribution < 1.29 is 9.90 Å². The minimum absolute atomic E-state index is 0.142. The molecule has 0 bridgehead atoms. The molecule has 0 spiro atoms. The van der Waals surface area contributed by atoms with E-state index in [4.69, 9.17) is 16.7 Å². The van der Waals surface area contributed by atoms with Gasteiger partial charge in [0.05, 0.1) is 5.69 Å². The Morgan fingerprint density at radius 3 is 3.00 bits per heavy atom. The second-order valence-electron chi connectivity index (χ2n) is 2.78. The quantitative estimate of drug-likeness (QED) is 0.755. The van der Waals surface area contributed by atoms with Crippen LogP contribution in [0.5, 0.6) is 0 Å². The van der Waals surface area contributed by atoms with Crippen molar-refractivity contribution >= 4 is 23.3 Å². The van der Waals surface area contributed by atoms with Gasteiger partial charge in [0, 0.05) is 12.7 Å². The highest BCUT2D eigenvalue weighted by Gasteiger charge is 2.10. The number of nitrogens with one attached hydrogen (secondary N) is 1. The van der Waals surface area contributed by atoms with Gasteiger partial charge in [0.1, 0.15) is 10.7 Å². The Kier molecular flexibility index (Phi) is 3.71. The van der Waals surface area contributed by atoms with E-state index in [0.29, 0.717) is 12.2 Å². The van der Waals surface area contributed by atoms with Gasteiger partial charge in [-0.25, -0.2) is 9.78 Å². The second-order valence-corrected chi connectivity index (χ2v) is 3.17. The first kappa shape index (κ1) is 10.8. The minimum atomic E-state index is -1.01. The molecular formula is C9H11ClN2O2. The highest BCUT2D eigenvalue weighted by Crippen LogP contribution is 2.18. The van der Waals surface area contributed by atoms with E-state index in [1.807, 2.05) is 6.92 Å². The van der Waals surface area contributed by atoms with Crippen molar-refractivity contribution in [2.75, 3.05) is 11.9 Å². The van der Waals surface area contributed by atoms with Crippen LogP contribution in [0.4, 0.5) is 5.69 Å². The molecule has 4 nitrogen and oxygen atoms in total. The van der Waals surface area contributed by atoms with E-state index >= 15 is 0 Å². The van der Waals surface area contributed by atoms with Crippen molar-refractivity contribution in [1.82, 2.24) is 4.98 Å². The van der Waals surface area contributed by atoms with Gasteiger partial charge in [0.15, 0.2) is 0 Å². The second kappa shape index (κ2) is 4.81. The largest absolute Gasteiger partial charge is 0.478 e. The molecule has 14 heavy (non-hydrogen) atoms. The van der Waals surface area contributed by atoms with Crippen LogP contribution in [0.2, 0.25) is 5.15 Å². The van der Waals surface area contributed by atoms with Crippen LogP contribution in [0.15, 0.2) is 12.3 Å². The van der Waals surface area contributed by atoms with Crippen LogP contribution in [0.3, 0.4) is 0 Å². The average Bonchev–Trinajstić information content (AvgIpc) is 2.14. The Bertz CT molecular complexity index is 342. The summed E-state index contributed by atoms with van der Waals surface area (Å²) < 4.78 is 0. The van der Waals surface area contributed by atoms with Gasteiger partial charge in [-0.1, -0.05) is 18.5 Å². The lowest BCUT2D eigenvalue weighted by atomic mass is 10.2. The maximum Gasteiger partial charge on any atom is 0.339 e. The SMILES string of the molecule is CCCNc1cc(Cl)ncc1C(=O)O. The molecule has 1 rings (SSSR count). The molecule has 5 heteroatoms. The zero-order chi connectivity index (χ0) is 10.6. The van der Waals surface area contributed by atoms with Crippen molar-refractivity contribution in [3.63, 3.8) is 0 Å². The molecule has 76 valence electrons. The molecule has 0 unspecified atom stereocenters. The highest BCUT2D eigenvalue weighted by molar-refractivity contribution is 6.29. The molecule has 0 saturated carbocycles. The zero-order valence-corrected chi connectivity index (χ0v) is 8.51. The maximum absolute atomic E-state index is 10.8. The number of nitrogens with zero attached hydrogens (tertiary/aromatic N) is 1. The molecule has 0 fully saturated rings. The lowest BCUT2D eigenvalue weighted by Crippen LogP contribution is -2.07. The van der Waals surface area contributed by atoms with Gasteiger partial charge >= 0.3 is 5.97 Å². The topological polar surface area (TPSA) is 62.2 Å². The van der Waals surface area contributed by atoms with Gasteiger partial charge in [0.2, 0.25) is 0 Å². The standard InChI is InChI=1S/C9H11ClN2O2/c1-2-3-11-7-4-8(10)12-5-6(7)9(13)14/h4-5H,2-3H2,1H3,(H,11,12)(H,13,14). The van der Waals surface area contributed by atoms with Crippen molar-refractivity contribution in [3.05, 3.63) is 23.0 Å². The summed E-state index contributed by atoms with van der Waals surface area (Å²) in [5.41, 5.74) is 0.655. The maximum atomic E-state index is 10.8. The average molecular weight is 215 g/mol. The fourth-order valence-electron chi connectivity index (χ4n) is 1.01. The summed E-state index contributed by atoms with van der Waals surface area (Å²) in [5.74, 6) is -1.01. The number of hydrogen-bond acceptors (Lipinski definition) is 3. The molecule has 2 N–H and O–H groups in total. The Morgan fingerprint density at radius 1 is 1.71 bits per heavy atom. The van der Waals surface area contributed by atoms with Gasteiger partial charge in [-0.2, -0.15) is 0 Å². The van der Waals surface area contributed by atoms with Crippen molar-refractivity contribution in [2.45, 2.75) is 13.3 Å². The summed E-state index contributed by atoms with van der Waals surface area (Å²) in [7, 11) is 0. The number of carbonyl (C=O) groups is 1. The molecule has 0 amide bonds. The van der Waals surface area contributed by atoms with Crippen molar-refractivity contribution in [1.29, 1.82) is 0 Å². The van der Waals surface area contributed by atoms with Gasteiger partial charge in [-0.3, -0.25) is 0 Å². The van der Waals surface area contributed by atoms with E-state index in [1.54, 1.807) is 0 Å². The normalized spacial score (nSPS) is 9.86. The number of carboxylic acids is 1. The molecule has 0 atom stereocenters. The predicted octanol–water partition coefficient (Wildman–Crippen LogP) is 2.26. The summed E-state index contributed by atoms with van der Waals surface area (Å²) in [6.07, 6.45) is 2.17. The predicted molar refractivity (Wildman–Crippen MR) is 55.0 cm³/mol. The monoisotopic (exact) mass is 214 g/mol. The summed E-state index contributed by atoms with van der Waals surface area (Å²) >= 11 is 5.66. The van der Waals surface area contributed by atoms with Crippen LogP contribution in [-0.4, -0.2) is 22.6 Å². The summed E-state index contributed by atoms with van der Waals surface area (Å²) in [5, 5.41) is 12.1. The highest BCUT2D eigenvalue weighted by atomic mass is 35.5. The zero-order valence-electron chi connectivity index (χ0n) is 7.75. The summed E-state index contributed by atoms with van der Waals surface area (Å²) in [6, 6.07) is 1.51. The van der Waals surface area contributed by atoms with Crippen LogP contribution >= 0.6 is 11.6 Å². The third-order valence-corrected chi connectivity index (χ3v) is 1.87. The molecule has 0 aromatic carbocycles. The fourth-order valence-corrected chi connectivity index (χ4v) is 1.16. The van der Waals surface area contributed by atoms with Gasteiger partial charge < -0.3 is 10.4 Å². The van der Waals surface area contributed by atoms with Gasteiger partial charge in [0.25, 0.3) is 0 Å². The Labute approximate surface area is 86.9 Å². The van der Waals surface area contributed by atoms with Crippen molar-refractivity contribution in [3.8, 4) is 0 Å². The number of anilines is 1. The third kappa shape index (κ3) is 2.60. The number of aromatic carboxylic acids is 1. The Morgan fingerprint density at radius 2 is 2.43 bits per heavy atom. The van der Waals surface area contributed by atoms with Crippen LogP contribution in [0.25, 0.3) is 0 Å². The molecule has 0 aliphatic rings. The number of hydrogen-bond donors (Lipinski definition) is 2. The third-order valence-electron chi connectivity index (χ3n) is 1.67. The van der Waals surface area contributed by atoms with Gasteiger partial charge in [-0.05, 0) is 12.5 Å². The first-order valence-electron chi connectivity index (χ1n) is 4.28. The van der Waals surface area contributed by atoms with Crippen molar-refractivity contribution in [2.24, 2.45) is 0 Å². The van der Waals surface area contributed by atoms with E-state index in [0.717, 1.165) is 6.42 Å². The molecule has 1 heterocycles. The van der Waals surface area contributed by atoms with E-state index in [9.17, 15) is 4.79 Å². The number of halogens is 1. The van der Waals surface area contributed by atoms with Crippen LogP contribution in [0, 0.1) is 0 Å². The number of aromatic nitrogens is 1. The fraction of sp³-hybridized carbons (Fsp3) is 0.333. The number of rotatable bonds is 4. The molecule has 1 aromatic heterocycles. The molecule has 0 radical (unpaired) electrons. The lowest BCUT2D eigenvalue weighted by molar-refractivity contribution is 0.0697. The van der Waals surface area contributed by atoms with Crippen LogP contribution < -0.4 is 5.32 Å². The molecule has 0 aliphatic heterocycles. The van der Waals surface area contributed by atoms with Gasteiger partial charge in [-0.15, -0.1) is 0 Å². The first-order chi connectivity index (χ1) is 6.65. The summed E-state index contributed by atoms with van der Waals surface area (Å²) in [6.45, 7) is 2.71. The summed E-state index contributed by atoms with van der Waals surface area (Å²) in [4.78, 5) is 14.5. The number of carboxylic acid groups (broad SMARTS) is 1. The van der Waals surface area contributed by atoms with E-state index in [1.165, 1.54) is 12.3 Å². The minimum Gasteiger partial charge on any atom is -0.478 e. The molecule has 1 aromatic rings. The van der Waals surface area contributed by atoms with Crippen LogP contribution in [0.1, 0.15) is 23.7 Å². The van der Waals surface area contributed by atoms with E-state index in [2.05, 4.69) is 10.3 Å².